The highest BCUT2D eigenvalue weighted by molar-refractivity contribution is 5.00. The van der Waals surface area contributed by atoms with Gasteiger partial charge in [-0.2, -0.15) is 0 Å². The summed E-state index contributed by atoms with van der Waals surface area (Å²) in [4.78, 5) is 4.31. The minimum absolute atomic E-state index is 0.655. The van der Waals surface area contributed by atoms with Crippen LogP contribution in [0.15, 0.2) is 12.5 Å². The van der Waals surface area contributed by atoms with E-state index < -0.39 is 0 Å². The summed E-state index contributed by atoms with van der Waals surface area (Å²) in [5, 5.41) is 3.39. The zero-order valence-corrected chi connectivity index (χ0v) is 11.6. The minimum atomic E-state index is 0.655. The first-order chi connectivity index (χ1) is 8.81. The summed E-state index contributed by atoms with van der Waals surface area (Å²) in [5.41, 5.74) is 1.30. The quantitative estimate of drug-likeness (QED) is 0.789. The molecule has 102 valence electrons. The van der Waals surface area contributed by atoms with Gasteiger partial charge in [-0.05, 0) is 31.6 Å². The summed E-state index contributed by atoms with van der Waals surface area (Å²) in [7, 11) is 1.73. The van der Waals surface area contributed by atoms with E-state index in [2.05, 4.69) is 21.8 Å². The lowest BCUT2D eigenvalue weighted by atomic mass is 9.87. The van der Waals surface area contributed by atoms with Gasteiger partial charge in [-0.25, -0.2) is 4.98 Å². The predicted molar refractivity (Wildman–Crippen MR) is 72.5 cm³/mol. The molecule has 4 nitrogen and oxygen atoms in total. The molecule has 1 aromatic rings. The van der Waals surface area contributed by atoms with Gasteiger partial charge in [0.05, 0.1) is 18.6 Å². The number of hydrogen-bond acceptors (Lipinski definition) is 3. The van der Waals surface area contributed by atoms with Gasteiger partial charge in [0.2, 0.25) is 0 Å². The van der Waals surface area contributed by atoms with Crippen molar-refractivity contribution >= 4 is 0 Å². The van der Waals surface area contributed by atoms with Crippen LogP contribution in [0, 0.1) is 5.92 Å². The van der Waals surface area contributed by atoms with Crippen LogP contribution in [0.3, 0.4) is 0 Å². The molecule has 1 heterocycles. The lowest BCUT2D eigenvalue weighted by Gasteiger charge is -2.28. The molecular weight excluding hydrogens is 226 g/mol. The third-order valence-electron chi connectivity index (χ3n) is 3.91. The molecule has 1 aliphatic carbocycles. The van der Waals surface area contributed by atoms with Crippen LogP contribution < -0.4 is 5.32 Å². The molecule has 18 heavy (non-hydrogen) atoms. The standard InChI is InChI=1S/C14H25N3O/c1-12-3-5-13(6-4-12)17-11-16-10-14(17)9-15-7-8-18-2/h10-13,15H,3-9H2,1-2H3. The van der Waals surface area contributed by atoms with E-state index in [9.17, 15) is 0 Å². The number of hydrogen-bond donors (Lipinski definition) is 1. The highest BCUT2D eigenvalue weighted by atomic mass is 16.5. The third kappa shape index (κ3) is 3.56. The first-order valence-corrected chi connectivity index (χ1v) is 7.01. The Kier molecular flexibility index (Phi) is 5.20. The summed E-state index contributed by atoms with van der Waals surface area (Å²) in [6.07, 6.45) is 9.26. The second kappa shape index (κ2) is 6.90. The summed E-state index contributed by atoms with van der Waals surface area (Å²) in [6, 6.07) is 0.655. The Bertz CT molecular complexity index is 343. The van der Waals surface area contributed by atoms with Gasteiger partial charge in [0.15, 0.2) is 0 Å². The van der Waals surface area contributed by atoms with E-state index in [4.69, 9.17) is 4.74 Å². The average Bonchev–Trinajstić information content (AvgIpc) is 2.84. The van der Waals surface area contributed by atoms with E-state index in [0.717, 1.165) is 25.6 Å². The van der Waals surface area contributed by atoms with Crippen molar-refractivity contribution in [3.8, 4) is 0 Å². The van der Waals surface area contributed by atoms with Gasteiger partial charge >= 0.3 is 0 Å². The molecule has 0 spiro atoms. The maximum absolute atomic E-state index is 5.03. The van der Waals surface area contributed by atoms with Gasteiger partial charge < -0.3 is 14.6 Å². The Balaban J connectivity index is 1.87. The van der Waals surface area contributed by atoms with Crippen molar-refractivity contribution < 1.29 is 4.74 Å². The predicted octanol–water partition coefficient (Wildman–Crippen LogP) is 2.37. The van der Waals surface area contributed by atoms with Crippen LogP contribution in [0.1, 0.15) is 44.3 Å². The van der Waals surface area contributed by atoms with Crippen molar-refractivity contribution in [1.82, 2.24) is 14.9 Å². The van der Waals surface area contributed by atoms with E-state index in [1.807, 2.05) is 12.5 Å². The van der Waals surface area contributed by atoms with Gasteiger partial charge in [0, 0.05) is 32.4 Å². The fourth-order valence-corrected chi connectivity index (χ4v) is 2.71. The van der Waals surface area contributed by atoms with Crippen molar-refractivity contribution in [3.63, 3.8) is 0 Å². The zero-order chi connectivity index (χ0) is 12.8. The molecule has 0 bridgehead atoms. The van der Waals surface area contributed by atoms with Gasteiger partial charge in [-0.1, -0.05) is 6.92 Å². The molecule has 0 unspecified atom stereocenters. The number of imidazole rings is 1. The number of methoxy groups -OCH3 is 1. The van der Waals surface area contributed by atoms with Crippen LogP contribution in [-0.2, 0) is 11.3 Å². The van der Waals surface area contributed by atoms with Crippen LogP contribution in [0.25, 0.3) is 0 Å². The third-order valence-corrected chi connectivity index (χ3v) is 3.91. The van der Waals surface area contributed by atoms with Gasteiger partial charge in [-0.3, -0.25) is 0 Å². The Morgan fingerprint density at radius 1 is 1.39 bits per heavy atom. The fraction of sp³-hybridized carbons (Fsp3) is 0.786. The van der Waals surface area contributed by atoms with Gasteiger partial charge in [0.1, 0.15) is 0 Å². The van der Waals surface area contributed by atoms with Crippen LogP contribution in [-0.4, -0.2) is 29.8 Å². The Morgan fingerprint density at radius 2 is 2.17 bits per heavy atom. The molecule has 0 radical (unpaired) electrons. The molecule has 1 N–H and O–H groups in total. The van der Waals surface area contributed by atoms with Gasteiger partial charge in [-0.15, -0.1) is 0 Å². The van der Waals surface area contributed by atoms with Crippen molar-refractivity contribution in [1.29, 1.82) is 0 Å². The monoisotopic (exact) mass is 251 g/mol. The van der Waals surface area contributed by atoms with Crippen molar-refractivity contribution in [3.05, 3.63) is 18.2 Å². The van der Waals surface area contributed by atoms with Gasteiger partial charge in [0.25, 0.3) is 0 Å². The second-order valence-corrected chi connectivity index (χ2v) is 5.38. The average molecular weight is 251 g/mol. The summed E-state index contributed by atoms with van der Waals surface area (Å²) < 4.78 is 7.40. The first kappa shape index (κ1) is 13.6. The summed E-state index contributed by atoms with van der Waals surface area (Å²) >= 11 is 0. The molecule has 0 aromatic carbocycles. The van der Waals surface area contributed by atoms with E-state index in [1.165, 1.54) is 31.4 Å². The van der Waals surface area contributed by atoms with Crippen LogP contribution >= 0.6 is 0 Å². The maximum atomic E-state index is 5.03. The topological polar surface area (TPSA) is 39.1 Å². The highest BCUT2D eigenvalue weighted by Gasteiger charge is 2.20. The van der Waals surface area contributed by atoms with Crippen LogP contribution in [0.4, 0.5) is 0 Å². The second-order valence-electron chi connectivity index (χ2n) is 5.38. The maximum Gasteiger partial charge on any atom is 0.0951 e. The Hall–Kier alpha value is -0.870. The van der Waals surface area contributed by atoms with Crippen LogP contribution in [0.5, 0.6) is 0 Å². The largest absolute Gasteiger partial charge is 0.383 e. The van der Waals surface area contributed by atoms with Crippen LogP contribution in [0.2, 0.25) is 0 Å². The highest BCUT2D eigenvalue weighted by Crippen LogP contribution is 2.32. The molecule has 0 amide bonds. The van der Waals surface area contributed by atoms with Crippen molar-refractivity contribution in [2.24, 2.45) is 5.92 Å². The molecule has 2 rings (SSSR count). The molecule has 0 saturated heterocycles. The minimum Gasteiger partial charge on any atom is -0.383 e. The fourth-order valence-electron chi connectivity index (χ4n) is 2.71. The Morgan fingerprint density at radius 3 is 2.89 bits per heavy atom. The lowest BCUT2D eigenvalue weighted by Crippen LogP contribution is -2.23. The molecular formula is C14H25N3O. The SMILES string of the molecule is COCCNCc1cncn1C1CCC(C)CC1. The lowest BCUT2D eigenvalue weighted by molar-refractivity contribution is 0.198. The summed E-state index contributed by atoms with van der Waals surface area (Å²) in [5.74, 6) is 0.896. The molecule has 1 aliphatic rings. The molecule has 1 aromatic heterocycles. The number of nitrogens with zero attached hydrogens (tertiary/aromatic N) is 2. The van der Waals surface area contributed by atoms with E-state index >= 15 is 0 Å². The number of ether oxygens (including phenoxy) is 1. The number of rotatable bonds is 6. The first-order valence-electron chi connectivity index (χ1n) is 7.01. The van der Waals surface area contributed by atoms with Crippen molar-refractivity contribution in [2.45, 2.75) is 45.2 Å². The smallest absolute Gasteiger partial charge is 0.0951 e. The number of nitrogens with one attached hydrogen (secondary N) is 1. The zero-order valence-electron chi connectivity index (χ0n) is 11.6. The normalized spacial score (nSPS) is 24.3. The van der Waals surface area contributed by atoms with Crippen molar-refractivity contribution in [2.75, 3.05) is 20.3 Å². The number of aromatic nitrogens is 2. The summed E-state index contributed by atoms with van der Waals surface area (Å²) in [6.45, 7) is 4.89. The molecule has 0 aliphatic heterocycles. The Labute approximate surface area is 110 Å². The van der Waals surface area contributed by atoms with E-state index in [0.29, 0.717) is 6.04 Å². The molecule has 1 saturated carbocycles. The molecule has 1 fully saturated rings. The molecule has 4 heteroatoms. The molecule has 0 atom stereocenters. The van der Waals surface area contributed by atoms with E-state index in [1.54, 1.807) is 7.11 Å². The van der Waals surface area contributed by atoms with E-state index in [-0.39, 0.29) is 0 Å².